The first-order valence-corrected chi connectivity index (χ1v) is 7.24. The van der Waals surface area contributed by atoms with Gasteiger partial charge in [0.05, 0.1) is 6.61 Å². The summed E-state index contributed by atoms with van der Waals surface area (Å²) in [5.41, 5.74) is 3.20. The lowest BCUT2D eigenvalue weighted by Crippen LogP contribution is -2.18. The van der Waals surface area contributed by atoms with Gasteiger partial charge in [-0.3, -0.25) is 0 Å². The highest BCUT2D eigenvalue weighted by molar-refractivity contribution is 7.12. The summed E-state index contributed by atoms with van der Waals surface area (Å²) >= 11 is 1.60. The average Bonchev–Trinajstić information content (AvgIpc) is 2.73. The van der Waals surface area contributed by atoms with Gasteiger partial charge < -0.3 is 4.74 Å². The van der Waals surface area contributed by atoms with Crippen molar-refractivity contribution in [3.8, 4) is 0 Å². The molecule has 98 valence electrons. The molecule has 0 N–H and O–H groups in total. The van der Waals surface area contributed by atoms with Gasteiger partial charge in [-0.1, -0.05) is 24.3 Å². The largest absolute Gasteiger partial charge is 0.461 e. The summed E-state index contributed by atoms with van der Waals surface area (Å²) < 4.78 is 5.03. The van der Waals surface area contributed by atoms with Crippen molar-refractivity contribution in [2.75, 3.05) is 6.61 Å². The van der Waals surface area contributed by atoms with Gasteiger partial charge in [-0.25, -0.2) is 9.78 Å². The first kappa shape index (κ1) is 12.4. The highest BCUT2D eigenvalue weighted by Crippen LogP contribution is 2.41. The Balaban J connectivity index is 1.89. The number of carbonyl (C=O) groups is 1. The molecule has 1 aliphatic rings. The van der Waals surface area contributed by atoms with E-state index < -0.39 is 0 Å². The van der Waals surface area contributed by atoms with E-state index in [1.165, 1.54) is 11.1 Å². The molecule has 3 nitrogen and oxygen atoms in total. The van der Waals surface area contributed by atoms with Gasteiger partial charge in [-0.2, -0.15) is 0 Å². The molecule has 1 heterocycles. The Labute approximate surface area is 116 Å². The quantitative estimate of drug-likeness (QED) is 0.805. The number of rotatable bonds is 3. The van der Waals surface area contributed by atoms with Crippen LogP contribution in [0.4, 0.5) is 0 Å². The van der Waals surface area contributed by atoms with Gasteiger partial charge in [0.1, 0.15) is 5.01 Å². The van der Waals surface area contributed by atoms with Gasteiger partial charge in [0.25, 0.3) is 0 Å². The second-order valence-electron chi connectivity index (χ2n) is 4.63. The standard InChI is InChI=1S/C15H15NO2S/c1-3-18-15(17)13-9(2)19-14(16-13)12-8-10-6-4-5-7-11(10)12/h4-7,12H,3,8H2,1-2H3. The zero-order valence-corrected chi connectivity index (χ0v) is 11.8. The van der Waals surface area contributed by atoms with Gasteiger partial charge in [0.15, 0.2) is 5.69 Å². The van der Waals surface area contributed by atoms with Gasteiger partial charge >= 0.3 is 5.97 Å². The molecule has 0 fully saturated rings. The van der Waals surface area contributed by atoms with E-state index in [0.717, 1.165) is 16.3 Å². The van der Waals surface area contributed by atoms with Crippen molar-refractivity contribution in [3.63, 3.8) is 0 Å². The molecule has 0 saturated heterocycles. The molecule has 1 unspecified atom stereocenters. The van der Waals surface area contributed by atoms with Crippen molar-refractivity contribution in [2.24, 2.45) is 0 Å². The topological polar surface area (TPSA) is 39.2 Å². The Hall–Kier alpha value is -1.68. The second kappa shape index (κ2) is 4.78. The van der Waals surface area contributed by atoms with E-state index in [1.807, 2.05) is 13.8 Å². The number of fused-ring (bicyclic) bond motifs is 1. The Bertz CT molecular complexity index is 633. The van der Waals surface area contributed by atoms with Gasteiger partial charge in [0, 0.05) is 10.8 Å². The summed E-state index contributed by atoms with van der Waals surface area (Å²) in [4.78, 5) is 17.2. The molecule has 2 aromatic rings. The van der Waals surface area contributed by atoms with E-state index in [0.29, 0.717) is 18.2 Å². The number of hydrogen-bond acceptors (Lipinski definition) is 4. The molecule has 3 rings (SSSR count). The maximum atomic E-state index is 11.8. The van der Waals surface area contributed by atoms with Crippen LogP contribution in [0, 0.1) is 6.92 Å². The molecular weight excluding hydrogens is 258 g/mol. The van der Waals surface area contributed by atoms with E-state index in [4.69, 9.17) is 4.74 Å². The fraction of sp³-hybridized carbons (Fsp3) is 0.333. The molecule has 0 aliphatic heterocycles. The Kier molecular flexibility index (Phi) is 3.11. The monoisotopic (exact) mass is 273 g/mol. The highest BCUT2D eigenvalue weighted by atomic mass is 32.1. The van der Waals surface area contributed by atoms with Crippen LogP contribution in [-0.2, 0) is 11.2 Å². The van der Waals surface area contributed by atoms with Gasteiger partial charge in [-0.05, 0) is 31.4 Å². The van der Waals surface area contributed by atoms with Gasteiger partial charge in [-0.15, -0.1) is 11.3 Å². The molecule has 1 aromatic heterocycles. The molecular formula is C15H15NO2S. The summed E-state index contributed by atoms with van der Waals surface area (Å²) in [6.45, 7) is 4.12. The lowest BCUT2D eigenvalue weighted by molar-refractivity contribution is 0.0519. The minimum atomic E-state index is -0.310. The Morgan fingerprint density at radius 1 is 1.47 bits per heavy atom. The maximum absolute atomic E-state index is 11.8. The summed E-state index contributed by atoms with van der Waals surface area (Å²) in [7, 11) is 0. The maximum Gasteiger partial charge on any atom is 0.358 e. The van der Waals surface area contributed by atoms with Crippen molar-refractivity contribution in [3.05, 3.63) is 51.0 Å². The lowest BCUT2D eigenvalue weighted by atomic mass is 9.78. The predicted octanol–water partition coefficient (Wildman–Crippen LogP) is 3.32. The van der Waals surface area contributed by atoms with E-state index in [-0.39, 0.29) is 5.97 Å². The van der Waals surface area contributed by atoms with Crippen molar-refractivity contribution in [2.45, 2.75) is 26.2 Å². The number of benzene rings is 1. The van der Waals surface area contributed by atoms with Crippen LogP contribution in [0.1, 0.15) is 44.3 Å². The van der Waals surface area contributed by atoms with E-state index >= 15 is 0 Å². The molecule has 0 spiro atoms. The molecule has 0 bridgehead atoms. The first-order valence-electron chi connectivity index (χ1n) is 6.43. The lowest BCUT2D eigenvalue weighted by Gasteiger charge is -2.28. The van der Waals surface area contributed by atoms with Gasteiger partial charge in [0.2, 0.25) is 0 Å². The number of nitrogens with zero attached hydrogens (tertiary/aromatic N) is 1. The fourth-order valence-electron chi connectivity index (χ4n) is 2.43. The molecule has 0 saturated carbocycles. The SMILES string of the molecule is CCOC(=O)c1nc(C2Cc3ccccc32)sc1C. The summed E-state index contributed by atoms with van der Waals surface area (Å²) in [6.07, 6.45) is 1.02. The minimum Gasteiger partial charge on any atom is -0.461 e. The zero-order valence-electron chi connectivity index (χ0n) is 11.0. The van der Waals surface area contributed by atoms with Crippen LogP contribution in [0.15, 0.2) is 24.3 Å². The Morgan fingerprint density at radius 3 is 3.00 bits per heavy atom. The van der Waals surface area contributed by atoms with Crippen LogP contribution < -0.4 is 0 Å². The van der Waals surface area contributed by atoms with Crippen LogP contribution in [0.5, 0.6) is 0 Å². The third kappa shape index (κ3) is 2.06. The van der Waals surface area contributed by atoms with Crippen LogP contribution in [0.3, 0.4) is 0 Å². The Morgan fingerprint density at radius 2 is 2.26 bits per heavy atom. The average molecular weight is 273 g/mol. The third-order valence-corrected chi connectivity index (χ3v) is 4.52. The molecule has 0 radical (unpaired) electrons. The summed E-state index contributed by atoms with van der Waals surface area (Å²) in [5.74, 6) is 0.0400. The number of carbonyl (C=O) groups excluding carboxylic acids is 1. The van der Waals surface area contributed by atoms with Crippen molar-refractivity contribution < 1.29 is 9.53 Å². The molecule has 0 amide bonds. The van der Waals surface area contributed by atoms with E-state index in [2.05, 4.69) is 29.2 Å². The summed E-state index contributed by atoms with van der Waals surface area (Å²) in [6, 6.07) is 8.41. The first-order chi connectivity index (χ1) is 9.20. The van der Waals surface area contributed by atoms with E-state index in [9.17, 15) is 4.79 Å². The normalized spacial score (nSPS) is 16.6. The number of esters is 1. The van der Waals surface area contributed by atoms with Crippen LogP contribution >= 0.6 is 11.3 Å². The van der Waals surface area contributed by atoms with Crippen LogP contribution in [0.2, 0.25) is 0 Å². The second-order valence-corrected chi connectivity index (χ2v) is 5.87. The highest BCUT2D eigenvalue weighted by Gasteiger charge is 2.31. The summed E-state index contributed by atoms with van der Waals surface area (Å²) in [5, 5.41) is 1.03. The number of thiazole rings is 1. The molecule has 1 atom stereocenters. The molecule has 19 heavy (non-hydrogen) atoms. The minimum absolute atomic E-state index is 0.310. The van der Waals surface area contributed by atoms with Crippen molar-refractivity contribution in [1.82, 2.24) is 4.98 Å². The number of aromatic nitrogens is 1. The molecule has 1 aliphatic carbocycles. The van der Waals surface area contributed by atoms with E-state index in [1.54, 1.807) is 11.3 Å². The third-order valence-electron chi connectivity index (χ3n) is 3.43. The molecule has 4 heteroatoms. The van der Waals surface area contributed by atoms with Crippen LogP contribution in [0.25, 0.3) is 0 Å². The zero-order chi connectivity index (χ0) is 13.4. The fourth-order valence-corrected chi connectivity index (χ4v) is 3.46. The number of ether oxygens (including phenoxy) is 1. The molecule has 1 aromatic carbocycles. The number of aryl methyl sites for hydroxylation is 1. The van der Waals surface area contributed by atoms with Crippen LogP contribution in [-0.4, -0.2) is 17.6 Å². The van der Waals surface area contributed by atoms with Crippen molar-refractivity contribution >= 4 is 17.3 Å². The smallest absolute Gasteiger partial charge is 0.358 e. The predicted molar refractivity (Wildman–Crippen MR) is 74.8 cm³/mol. The van der Waals surface area contributed by atoms with Crippen molar-refractivity contribution in [1.29, 1.82) is 0 Å². The number of hydrogen-bond donors (Lipinski definition) is 0.